The summed E-state index contributed by atoms with van der Waals surface area (Å²) < 4.78 is 0. The molecule has 1 aromatic rings. The van der Waals surface area contributed by atoms with Crippen molar-refractivity contribution in [2.24, 2.45) is 5.92 Å². The Balaban J connectivity index is 1.50. The summed E-state index contributed by atoms with van der Waals surface area (Å²) >= 11 is 0. The van der Waals surface area contributed by atoms with E-state index in [0.29, 0.717) is 13.1 Å². The fourth-order valence-corrected chi connectivity index (χ4v) is 5.02. The van der Waals surface area contributed by atoms with Crippen molar-refractivity contribution in [3.8, 4) is 0 Å². The SMILES string of the molecule is CCN(C)C[C@](C)(NC(=O)N1CC2=C(NNC2NC(=O)C2CCC2)C1(C)C)c1ccccc1. The zero-order valence-electron chi connectivity index (χ0n) is 20.5. The molecular formula is C25H38N6O2. The Bertz CT molecular complexity index is 926. The van der Waals surface area contributed by atoms with E-state index in [1.54, 1.807) is 0 Å². The Morgan fingerprint density at radius 2 is 1.94 bits per heavy atom. The topological polar surface area (TPSA) is 88.7 Å². The van der Waals surface area contributed by atoms with E-state index in [9.17, 15) is 9.59 Å². The van der Waals surface area contributed by atoms with Gasteiger partial charge >= 0.3 is 6.03 Å². The van der Waals surface area contributed by atoms with Crippen molar-refractivity contribution < 1.29 is 9.59 Å². The average Bonchev–Trinajstić information content (AvgIpc) is 3.25. The van der Waals surface area contributed by atoms with Crippen molar-refractivity contribution in [1.29, 1.82) is 0 Å². The third-order valence-electron chi connectivity index (χ3n) is 7.55. The van der Waals surface area contributed by atoms with Crippen LogP contribution in [0.4, 0.5) is 4.79 Å². The summed E-state index contributed by atoms with van der Waals surface area (Å²) in [4.78, 5) is 30.3. The van der Waals surface area contributed by atoms with Crippen LogP contribution in [-0.4, -0.2) is 60.1 Å². The van der Waals surface area contributed by atoms with E-state index in [0.717, 1.165) is 42.6 Å². The molecule has 0 radical (unpaired) electrons. The second kappa shape index (κ2) is 8.99. The molecule has 8 nitrogen and oxygen atoms in total. The molecule has 0 aromatic heterocycles. The molecule has 2 heterocycles. The third-order valence-corrected chi connectivity index (χ3v) is 7.55. The van der Waals surface area contributed by atoms with Gasteiger partial charge in [-0.05, 0) is 52.8 Å². The molecule has 180 valence electrons. The van der Waals surface area contributed by atoms with E-state index in [4.69, 9.17) is 0 Å². The molecule has 33 heavy (non-hydrogen) atoms. The molecule has 1 saturated carbocycles. The highest BCUT2D eigenvalue weighted by atomic mass is 16.2. The van der Waals surface area contributed by atoms with Crippen molar-refractivity contribution in [3.05, 3.63) is 47.2 Å². The molecule has 2 atom stereocenters. The van der Waals surface area contributed by atoms with Gasteiger partial charge in [-0.2, -0.15) is 0 Å². The minimum Gasteiger partial charge on any atom is -0.335 e. The highest BCUT2D eigenvalue weighted by Crippen LogP contribution is 2.37. The van der Waals surface area contributed by atoms with E-state index < -0.39 is 11.1 Å². The second-order valence-electron chi connectivity index (χ2n) is 10.3. The number of amides is 3. The summed E-state index contributed by atoms with van der Waals surface area (Å²) in [6.45, 7) is 10.3. The number of carbonyl (C=O) groups is 2. The van der Waals surface area contributed by atoms with Gasteiger partial charge in [0, 0.05) is 24.6 Å². The van der Waals surface area contributed by atoms with E-state index in [-0.39, 0.29) is 24.0 Å². The van der Waals surface area contributed by atoms with Crippen LogP contribution >= 0.6 is 0 Å². The maximum absolute atomic E-state index is 13.7. The Hall–Kier alpha value is -2.58. The molecule has 0 bridgehead atoms. The first-order valence-electron chi connectivity index (χ1n) is 12.0. The lowest BCUT2D eigenvalue weighted by Crippen LogP contribution is -2.60. The first kappa shape index (κ1) is 23.6. The predicted molar refractivity (Wildman–Crippen MR) is 129 cm³/mol. The summed E-state index contributed by atoms with van der Waals surface area (Å²) in [7, 11) is 2.06. The maximum atomic E-state index is 13.7. The number of likely N-dealkylation sites (N-methyl/N-ethyl adjacent to an activating group) is 1. The maximum Gasteiger partial charge on any atom is 0.319 e. The van der Waals surface area contributed by atoms with Crippen LogP contribution in [0.5, 0.6) is 0 Å². The fraction of sp³-hybridized carbons (Fsp3) is 0.600. The molecule has 3 aliphatic rings. The van der Waals surface area contributed by atoms with Gasteiger partial charge in [0.1, 0.15) is 6.17 Å². The monoisotopic (exact) mass is 454 g/mol. The van der Waals surface area contributed by atoms with Gasteiger partial charge in [-0.25, -0.2) is 10.2 Å². The van der Waals surface area contributed by atoms with Gasteiger partial charge in [0.2, 0.25) is 5.91 Å². The zero-order valence-corrected chi connectivity index (χ0v) is 20.5. The molecule has 8 heteroatoms. The molecule has 0 saturated heterocycles. The number of rotatable bonds is 7. The lowest BCUT2D eigenvalue weighted by molar-refractivity contribution is -0.128. The second-order valence-corrected chi connectivity index (χ2v) is 10.3. The van der Waals surface area contributed by atoms with Crippen LogP contribution in [-0.2, 0) is 10.3 Å². The van der Waals surface area contributed by atoms with Gasteiger partial charge in [0.05, 0.1) is 16.8 Å². The van der Waals surface area contributed by atoms with Crippen LogP contribution in [0.25, 0.3) is 0 Å². The first-order valence-corrected chi connectivity index (χ1v) is 12.0. The summed E-state index contributed by atoms with van der Waals surface area (Å²) in [6, 6.07) is 10.0. The Kier molecular flexibility index (Phi) is 6.42. The Labute approximate surface area is 197 Å². The average molecular weight is 455 g/mol. The van der Waals surface area contributed by atoms with E-state index >= 15 is 0 Å². The number of urea groups is 1. The van der Waals surface area contributed by atoms with Crippen LogP contribution in [0.1, 0.15) is 52.5 Å². The van der Waals surface area contributed by atoms with Crippen LogP contribution in [0.3, 0.4) is 0 Å². The Morgan fingerprint density at radius 3 is 2.55 bits per heavy atom. The largest absolute Gasteiger partial charge is 0.335 e. The van der Waals surface area contributed by atoms with Crippen molar-refractivity contribution >= 4 is 11.9 Å². The Morgan fingerprint density at radius 1 is 1.24 bits per heavy atom. The number of carbonyl (C=O) groups excluding carboxylic acids is 2. The van der Waals surface area contributed by atoms with E-state index in [1.807, 2.05) is 36.9 Å². The zero-order chi connectivity index (χ0) is 23.8. The van der Waals surface area contributed by atoms with Gasteiger partial charge in [-0.3, -0.25) is 4.79 Å². The number of nitrogens with zero attached hydrogens (tertiary/aromatic N) is 2. The van der Waals surface area contributed by atoms with Gasteiger partial charge in [-0.1, -0.05) is 43.7 Å². The molecule has 1 aromatic carbocycles. The standard InChI is InChI=1S/C25H38N6O2/c1-6-30(5)16-25(4,18-13-8-7-9-14-18)27-23(33)31-15-19-20(24(31,2)3)28-29-21(19)26-22(32)17-11-10-12-17/h7-9,13-14,17,21,28-29H,6,10-12,15-16H2,1-5H3,(H,26,32)(H,27,33)/t21?,25-/m0/s1. The molecule has 3 amide bonds. The molecule has 4 rings (SSSR count). The van der Waals surface area contributed by atoms with E-state index in [1.165, 1.54) is 0 Å². The summed E-state index contributed by atoms with van der Waals surface area (Å²) in [6.07, 6.45) is 2.75. The van der Waals surface area contributed by atoms with Crippen LogP contribution < -0.4 is 21.5 Å². The highest BCUT2D eigenvalue weighted by molar-refractivity contribution is 5.81. The lowest BCUT2D eigenvalue weighted by Gasteiger charge is -2.40. The fourth-order valence-electron chi connectivity index (χ4n) is 5.02. The van der Waals surface area contributed by atoms with E-state index in [2.05, 4.69) is 59.4 Å². The minimum absolute atomic E-state index is 0.0919. The lowest BCUT2D eigenvalue weighted by atomic mass is 9.84. The molecule has 0 spiro atoms. The van der Waals surface area contributed by atoms with Crippen molar-refractivity contribution in [3.63, 3.8) is 0 Å². The smallest absolute Gasteiger partial charge is 0.319 e. The number of hydrazine groups is 1. The normalized spacial score (nSPS) is 23.6. The van der Waals surface area contributed by atoms with Crippen LogP contribution in [0, 0.1) is 5.92 Å². The summed E-state index contributed by atoms with van der Waals surface area (Å²) in [5, 5.41) is 6.46. The number of hydrogen-bond acceptors (Lipinski definition) is 5. The van der Waals surface area contributed by atoms with Gasteiger partial charge in [0.15, 0.2) is 0 Å². The molecular weight excluding hydrogens is 416 g/mol. The molecule has 4 N–H and O–H groups in total. The van der Waals surface area contributed by atoms with Crippen LogP contribution in [0.15, 0.2) is 41.6 Å². The summed E-state index contributed by atoms with van der Waals surface area (Å²) in [5.74, 6) is 0.210. The number of benzene rings is 1. The van der Waals surface area contributed by atoms with Crippen molar-refractivity contribution in [2.45, 2.75) is 64.2 Å². The van der Waals surface area contributed by atoms with Gasteiger partial charge < -0.3 is 25.9 Å². The first-order chi connectivity index (χ1) is 15.7. The van der Waals surface area contributed by atoms with Crippen molar-refractivity contribution in [1.82, 2.24) is 31.3 Å². The highest BCUT2D eigenvalue weighted by Gasteiger charge is 2.49. The number of nitrogens with one attached hydrogen (secondary N) is 4. The van der Waals surface area contributed by atoms with Gasteiger partial charge in [-0.15, -0.1) is 0 Å². The quantitative estimate of drug-likeness (QED) is 0.508. The molecule has 1 fully saturated rings. The molecule has 1 unspecified atom stereocenters. The predicted octanol–water partition coefficient (Wildman–Crippen LogP) is 2.26. The molecule has 2 aliphatic heterocycles. The van der Waals surface area contributed by atoms with Gasteiger partial charge in [0.25, 0.3) is 0 Å². The number of hydrogen-bond donors (Lipinski definition) is 4. The van der Waals surface area contributed by atoms with Crippen LogP contribution in [0.2, 0.25) is 0 Å². The summed E-state index contributed by atoms with van der Waals surface area (Å²) in [5.41, 5.74) is 8.42. The minimum atomic E-state index is -0.546. The third kappa shape index (κ3) is 4.46. The van der Waals surface area contributed by atoms with Crippen molar-refractivity contribution in [2.75, 3.05) is 26.7 Å². The molecule has 1 aliphatic carbocycles.